The largest absolute Gasteiger partial charge is 0.419 e. The average Bonchev–Trinajstić information content (AvgIpc) is 3.04. The van der Waals surface area contributed by atoms with Crippen LogP contribution in [0.15, 0.2) is 59.8 Å². The normalized spacial score (nSPS) is 12.0. The maximum absolute atomic E-state index is 13.4. The lowest BCUT2D eigenvalue weighted by molar-refractivity contribution is -0.137. The van der Waals surface area contributed by atoms with E-state index in [9.17, 15) is 18.0 Å². The first-order valence-electron chi connectivity index (χ1n) is 9.92. The van der Waals surface area contributed by atoms with Gasteiger partial charge in [0.05, 0.1) is 28.3 Å². The molecule has 4 aromatic heterocycles. The Kier molecular flexibility index (Phi) is 4.48. The number of pyridine rings is 3. The lowest BCUT2D eigenvalue weighted by atomic mass is 10.0. The lowest BCUT2D eigenvalue weighted by Crippen LogP contribution is -2.22. The van der Waals surface area contributed by atoms with Gasteiger partial charge in [-0.1, -0.05) is 12.1 Å². The number of nitrogens with zero attached hydrogens (tertiary/aromatic N) is 5. The predicted octanol–water partition coefficient (Wildman–Crippen LogP) is 4.24. The Hall–Kier alpha value is -4.21. The maximum Gasteiger partial charge on any atom is 0.419 e. The van der Waals surface area contributed by atoms with Crippen molar-refractivity contribution in [2.24, 2.45) is 7.05 Å². The summed E-state index contributed by atoms with van der Waals surface area (Å²) < 4.78 is 43.0. The van der Waals surface area contributed by atoms with Crippen LogP contribution in [0.5, 0.6) is 0 Å². The number of halogens is 3. The lowest BCUT2D eigenvalue weighted by Gasteiger charge is -2.12. The van der Waals surface area contributed by atoms with Crippen molar-refractivity contribution in [3.8, 4) is 16.9 Å². The molecule has 0 fully saturated rings. The van der Waals surface area contributed by atoms with Crippen molar-refractivity contribution in [1.82, 2.24) is 24.1 Å². The zero-order chi connectivity index (χ0) is 23.5. The van der Waals surface area contributed by atoms with Gasteiger partial charge in [-0.3, -0.25) is 9.55 Å². The van der Waals surface area contributed by atoms with Gasteiger partial charge in [0, 0.05) is 30.4 Å². The van der Waals surface area contributed by atoms with E-state index in [2.05, 4.69) is 15.0 Å². The number of aromatic nitrogens is 5. The molecular weight excluding hydrogens is 433 g/mol. The number of benzene rings is 1. The molecule has 7 nitrogen and oxygen atoms in total. The summed E-state index contributed by atoms with van der Waals surface area (Å²) in [5.41, 5.74) is 7.38. The third kappa shape index (κ3) is 3.22. The van der Waals surface area contributed by atoms with Crippen molar-refractivity contribution in [1.29, 1.82) is 0 Å². The first kappa shape index (κ1) is 20.7. The summed E-state index contributed by atoms with van der Waals surface area (Å²) in [5, 5.41) is 0.595. The average molecular weight is 450 g/mol. The summed E-state index contributed by atoms with van der Waals surface area (Å²) in [6.07, 6.45) is -0.142. The Labute approximate surface area is 185 Å². The zero-order valence-corrected chi connectivity index (χ0v) is 17.6. The van der Waals surface area contributed by atoms with Crippen molar-refractivity contribution >= 4 is 27.8 Å². The number of fused-ring (bicyclic) bond motifs is 3. The van der Waals surface area contributed by atoms with Crippen molar-refractivity contribution in [3.05, 3.63) is 76.6 Å². The number of anilines is 1. The van der Waals surface area contributed by atoms with Gasteiger partial charge < -0.3 is 5.73 Å². The highest BCUT2D eigenvalue weighted by Gasteiger charge is 2.34. The molecule has 0 amide bonds. The molecule has 33 heavy (non-hydrogen) atoms. The van der Waals surface area contributed by atoms with Crippen LogP contribution >= 0.6 is 0 Å². The highest BCUT2D eigenvalue weighted by molar-refractivity contribution is 6.04. The molecular formula is C23H17F3N6O. The Morgan fingerprint density at radius 1 is 1.00 bits per heavy atom. The van der Waals surface area contributed by atoms with Crippen LogP contribution in [0.25, 0.3) is 38.9 Å². The van der Waals surface area contributed by atoms with Gasteiger partial charge in [-0.15, -0.1) is 0 Å². The van der Waals surface area contributed by atoms with Crippen molar-refractivity contribution < 1.29 is 13.2 Å². The van der Waals surface area contributed by atoms with Gasteiger partial charge in [0.15, 0.2) is 0 Å². The second-order valence-electron chi connectivity index (χ2n) is 7.70. The number of rotatable bonds is 2. The summed E-state index contributed by atoms with van der Waals surface area (Å²) in [7, 11) is 1.64. The van der Waals surface area contributed by atoms with Crippen molar-refractivity contribution in [2.75, 3.05) is 5.73 Å². The molecule has 2 N–H and O–H groups in total. The van der Waals surface area contributed by atoms with Gasteiger partial charge in [-0.25, -0.2) is 19.3 Å². The van der Waals surface area contributed by atoms with E-state index >= 15 is 0 Å². The summed E-state index contributed by atoms with van der Waals surface area (Å²) in [6.45, 7) is 1.85. The SMILES string of the molecule is Cc1cccnc1-n1c(=O)n(C)c2cnc3ccc(-c4cnc(N)c(C(F)(F)F)c4)cc3c21. The molecule has 0 radical (unpaired) electrons. The summed E-state index contributed by atoms with van der Waals surface area (Å²) in [6, 6.07) is 9.65. The topological polar surface area (TPSA) is 91.6 Å². The van der Waals surface area contributed by atoms with Crippen LogP contribution in [0.3, 0.4) is 0 Å². The third-order valence-electron chi connectivity index (χ3n) is 5.63. The van der Waals surface area contributed by atoms with Crippen LogP contribution in [0.1, 0.15) is 11.1 Å². The summed E-state index contributed by atoms with van der Waals surface area (Å²) >= 11 is 0. The van der Waals surface area contributed by atoms with E-state index in [1.165, 1.54) is 15.3 Å². The molecule has 0 aliphatic heterocycles. The number of imidazole rings is 1. The summed E-state index contributed by atoms with van der Waals surface area (Å²) in [5.74, 6) is -0.113. The second-order valence-corrected chi connectivity index (χ2v) is 7.70. The van der Waals surface area contributed by atoms with Crippen LogP contribution in [0, 0.1) is 6.92 Å². The molecule has 4 heterocycles. The summed E-state index contributed by atoms with van der Waals surface area (Å²) in [4.78, 5) is 25.7. The second kappa shape index (κ2) is 7.16. The Morgan fingerprint density at radius 2 is 1.79 bits per heavy atom. The molecule has 1 aromatic carbocycles. The van der Waals surface area contributed by atoms with Gasteiger partial charge in [0.2, 0.25) is 0 Å². The predicted molar refractivity (Wildman–Crippen MR) is 119 cm³/mol. The fourth-order valence-electron chi connectivity index (χ4n) is 3.94. The van der Waals surface area contributed by atoms with E-state index in [0.717, 1.165) is 11.6 Å². The molecule has 0 aliphatic rings. The molecule has 0 aliphatic carbocycles. The van der Waals surface area contributed by atoms with E-state index in [0.29, 0.717) is 33.3 Å². The molecule has 0 spiro atoms. The zero-order valence-electron chi connectivity index (χ0n) is 17.6. The molecule has 5 aromatic rings. The van der Waals surface area contributed by atoms with E-state index < -0.39 is 17.6 Å². The van der Waals surface area contributed by atoms with Crippen molar-refractivity contribution in [2.45, 2.75) is 13.1 Å². The van der Waals surface area contributed by atoms with E-state index in [-0.39, 0.29) is 11.3 Å². The van der Waals surface area contributed by atoms with Crippen LogP contribution in [0.2, 0.25) is 0 Å². The number of nitrogen functional groups attached to an aromatic ring is 1. The van der Waals surface area contributed by atoms with Gasteiger partial charge in [-0.2, -0.15) is 13.2 Å². The third-order valence-corrected chi connectivity index (χ3v) is 5.63. The molecule has 5 rings (SSSR count). The number of nitrogens with two attached hydrogens (primary N) is 1. The molecule has 0 unspecified atom stereocenters. The van der Waals surface area contributed by atoms with Crippen LogP contribution in [-0.2, 0) is 13.2 Å². The van der Waals surface area contributed by atoms with Crippen LogP contribution in [0.4, 0.5) is 19.0 Å². The molecule has 166 valence electrons. The number of alkyl halides is 3. The van der Waals surface area contributed by atoms with Crippen LogP contribution < -0.4 is 11.4 Å². The molecule has 0 saturated heterocycles. The fourth-order valence-corrected chi connectivity index (χ4v) is 3.94. The van der Waals surface area contributed by atoms with Gasteiger partial charge >= 0.3 is 11.9 Å². The quantitative estimate of drug-likeness (QED) is 0.434. The fraction of sp³-hybridized carbons (Fsp3) is 0.130. The van der Waals surface area contributed by atoms with Crippen LogP contribution in [-0.4, -0.2) is 24.1 Å². The smallest absolute Gasteiger partial charge is 0.383 e. The van der Waals surface area contributed by atoms with E-state index in [1.807, 2.05) is 13.0 Å². The standard InChI is InChI=1S/C23H17F3N6O/c1-12-4-3-7-28-21(12)32-19-15-8-13(14-9-16(23(24,25)26)20(27)30-10-14)5-6-17(15)29-11-18(19)31(2)22(32)33/h3-11H,1-2H3,(H2,27,30). The maximum atomic E-state index is 13.4. The highest BCUT2D eigenvalue weighted by Crippen LogP contribution is 2.36. The minimum Gasteiger partial charge on any atom is -0.383 e. The number of hydrogen-bond donors (Lipinski definition) is 1. The van der Waals surface area contributed by atoms with E-state index in [4.69, 9.17) is 5.73 Å². The first-order valence-corrected chi connectivity index (χ1v) is 9.92. The van der Waals surface area contributed by atoms with Gasteiger partial charge in [-0.05, 0) is 42.3 Å². The molecule has 0 bridgehead atoms. The minimum atomic E-state index is -4.63. The number of hydrogen-bond acceptors (Lipinski definition) is 5. The van der Waals surface area contributed by atoms with Gasteiger partial charge in [0.25, 0.3) is 0 Å². The first-order chi connectivity index (χ1) is 15.7. The number of aryl methyl sites for hydroxylation is 2. The molecule has 0 saturated carbocycles. The van der Waals surface area contributed by atoms with Crippen molar-refractivity contribution in [3.63, 3.8) is 0 Å². The van der Waals surface area contributed by atoms with Gasteiger partial charge in [0.1, 0.15) is 11.6 Å². The molecule has 0 atom stereocenters. The Bertz CT molecular complexity index is 1620. The molecule has 10 heteroatoms. The highest BCUT2D eigenvalue weighted by atomic mass is 19.4. The Balaban J connectivity index is 1.84. The van der Waals surface area contributed by atoms with E-state index in [1.54, 1.807) is 43.7 Å². The minimum absolute atomic E-state index is 0.245. The Morgan fingerprint density at radius 3 is 2.52 bits per heavy atom. The monoisotopic (exact) mass is 450 g/mol.